The van der Waals surface area contributed by atoms with Crippen molar-refractivity contribution in [3.63, 3.8) is 0 Å². The van der Waals surface area contributed by atoms with E-state index >= 15 is 0 Å². The standard InChI is InChI=1S/C7H10N2O.2C2H6/c1-6-5-8-9-3-2-4-10-7(6)9;2*1-2/h5H,2-4H2,1H3;2*1-2H3. The SMILES string of the molecule is CC.CC.Cc1cnn2c1OCCC2. The first kappa shape index (κ1) is 13.0. The van der Waals surface area contributed by atoms with Crippen LogP contribution in [0.2, 0.25) is 0 Å². The van der Waals surface area contributed by atoms with E-state index in [1.54, 1.807) is 0 Å². The van der Waals surface area contributed by atoms with Gasteiger partial charge >= 0.3 is 0 Å². The number of aromatic nitrogens is 2. The molecule has 1 aliphatic heterocycles. The van der Waals surface area contributed by atoms with Crippen LogP contribution in [0, 0.1) is 6.92 Å². The zero-order chi connectivity index (χ0) is 11.0. The van der Waals surface area contributed by atoms with Crippen LogP contribution in [-0.4, -0.2) is 16.4 Å². The van der Waals surface area contributed by atoms with Crippen molar-refractivity contribution >= 4 is 0 Å². The van der Waals surface area contributed by atoms with Crippen molar-refractivity contribution in [1.82, 2.24) is 9.78 Å². The van der Waals surface area contributed by atoms with Gasteiger partial charge in [-0.2, -0.15) is 5.10 Å². The van der Waals surface area contributed by atoms with Crippen LogP contribution in [0.25, 0.3) is 0 Å². The fourth-order valence-corrected chi connectivity index (χ4v) is 1.20. The highest BCUT2D eigenvalue weighted by atomic mass is 16.5. The average Bonchev–Trinajstić information content (AvgIpc) is 2.67. The van der Waals surface area contributed by atoms with Gasteiger partial charge in [-0.1, -0.05) is 27.7 Å². The van der Waals surface area contributed by atoms with Crippen LogP contribution in [0.3, 0.4) is 0 Å². The summed E-state index contributed by atoms with van der Waals surface area (Å²) in [5.41, 5.74) is 1.14. The van der Waals surface area contributed by atoms with Crippen LogP contribution in [0.1, 0.15) is 39.7 Å². The van der Waals surface area contributed by atoms with E-state index in [2.05, 4.69) is 5.10 Å². The Bertz CT molecular complexity index is 243. The summed E-state index contributed by atoms with van der Waals surface area (Å²) in [4.78, 5) is 0. The van der Waals surface area contributed by atoms with Crippen LogP contribution < -0.4 is 4.74 Å². The second-order valence-electron chi connectivity index (χ2n) is 2.56. The lowest BCUT2D eigenvalue weighted by molar-refractivity contribution is 0.229. The highest BCUT2D eigenvalue weighted by Crippen LogP contribution is 2.20. The molecule has 0 unspecified atom stereocenters. The Morgan fingerprint density at radius 3 is 2.50 bits per heavy atom. The van der Waals surface area contributed by atoms with Crippen LogP contribution in [0.15, 0.2) is 6.20 Å². The number of aryl methyl sites for hydroxylation is 2. The van der Waals surface area contributed by atoms with Crippen LogP contribution in [0.5, 0.6) is 5.88 Å². The lowest BCUT2D eigenvalue weighted by Gasteiger charge is -2.14. The normalized spacial score (nSPS) is 12.4. The van der Waals surface area contributed by atoms with Crippen LogP contribution >= 0.6 is 0 Å². The second kappa shape index (κ2) is 7.42. The molecule has 0 amide bonds. The maximum atomic E-state index is 5.39. The van der Waals surface area contributed by atoms with Gasteiger partial charge in [-0.3, -0.25) is 0 Å². The Morgan fingerprint density at radius 2 is 1.93 bits per heavy atom. The summed E-state index contributed by atoms with van der Waals surface area (Å²) in [5.74, 6) is 0.950. The predicted molar refractivity (Wildman–Crippen MR) is 59.8 cm³/mol. The Kier molecular flexibility index (Phi) is 6.89. The van der Waals surface area contributed by atoms with E-state index in [0.717, 1.165) is 31.0 Å². The minimum absolute atomic E-state index is 0.840. The lowest BCUT2D eigenvalue weighted by atomic mass is 10.3. The molecule has 0 N–H and O–H groups in total. The van der Waals surface area contributed by atoms with Gasteiger partial charge in [0.2, 0.25) is 5.88 Å². The summed E-state index contributed by atoms with van der Waals surface area (Å²) in [6, 6.07) is 0. The van der Waals surface area contributed by atoms with E-state index in [4.69, 9.17) is 4.74 Å². The van der Waals surface area contributed by atoms with Crippen LogP contribution in [-0.2, 0) is 6.54 Å². The molecule has 14 heavy (non-hydrogen) atoms. The number of fused-ring (bicyclic) bond motifs is 1. The van der Waals surface area contributed by atoms with Crippen molar-refractivity contribution in [3.05, 3.63) is 11.8 Å². The summed E-state index contributed by atoms with van der Waals surface area (Å²) in [5, 5.41) is 4.15. The first-order valence-corrected chi connectivity index (χ1v) is 5.53. The van der Waals surface area contributed by atoms with E-state index in [1.165, 1.54) is 0 Å². The minimum atomic E-state index is 0.840. The van der Waals surface area contributed by atoms with E-state index < -0.39 is 0 Å². The van der Waals surface area contributed by atoms with Crippen molar-refractivity contribution < 1.29 is 4.74 Å². The predicted octanol–water partition coefficient (Wildman–Crippen LogP) is 3.03. The molecular formula is C11H22N2O. The highest BCUT2D eigenvalue weighted by molar-refractivity contribution is 5.22. The molecule has 1 aromatic heterocycles. The first-order chi connectivity index (χ1) is 6.88. The van der Waals surface area contributed by atoms with Gasteiger partial charge in [0.25, 0.3) is 0 Å². The number of ether oxygens (including phenoxy) is 1. The Hall–Kier alpha value is -0.990. The van der Waals surface area contributed by atoms with E-state index in [0.29, 0.717) is 0 Å². The minimum Gasteiger partial charge on any atom is -0.478 e. The number of hydrogen-bond donors (Lipinski definition) is 0. The van der Waals surface area contributed by atoms with E-state index in [9.17, 15) is 0 Å². The molecule has 0 saturated heterocycles. The van der Waals surface area contributed by atoms with Crippen molar-refractivity contribution in [2.45, 2.75) is 47.6 Å². The maximum absolute atomic E-state index is 5.39. The summed E-state index contributed by atoms with van der Waals surface area (Å²) in [7, 11) is 0. The molecule has 0 bridgehead atoms. The van der Waals surface area contributed by atoms with Gasteiger partial charge < -0.3 is 4.74 Å². The summed E-state index contributed by atoms with van der Waals surface area (Å²) in [6.45, 7) is 11.9. The van der Waals surface area contributed by atoms with Gasteiger partial charge in [-0.05, 0) is 6.92 Å². The third-order valence-electron chi connectivity index (χ3n) is 1.72. The molecule has 3 heteroatoms. The molecule has 0 fully saturated rings. The molecule has 2 rings (SSSR count). The smallest absolute Gasteiger partial charge is 0.214 e. The Morgan fingerprint density at radius 1 is 1.29 bits per heavy atom. The molecule has 0 aliphatic carbocycles. The van der Waals surface area contributed by atoms with Crippen molar-refractivity contribution in [2.75, 3.05) is 6.61 Å². The van der Waals surface area contributed by atoms with E-state index in [-0.39, 0.29) is 0 Å². The molecule has 0 aromatic carbocycles. The molecule has 1 aliphatic rings. The maximum Gasteiger partial charge on any atom is 0.214 e. The van der Waals surface area contributed by atoms with Gasteiger partial charge in [0.15, 0.2) is 0 Å². The molecule has 0 atom stereocenters. The topological polar surface area (TPSA) is 27.1 Å². The summed E-state index contributed by atoms with van der Waals surface area (Å²) in [6.07, 6.45) is 2.93. The largest absolute Gasteiger partial charge is 0.478 e. The van der Waals surface area contributed by atoms with Gasteiger partial charge in [0, 0.05) is 18.5 Å². The quantitative estimate of drug-likeness (QED) is 0.640. The van der Waals surface area contributed by atoms with Crippen molar-refractivity contribution in [3.8, 4) is 5.88 Å². The van der Waals surface area contributed by atoms with Crippen molar-refractivity contribution in [2.24, 2.45) is 0 Å². The average molecular weight is 198 g/mol. The molecule has 2 heterocycles. The lowest BCUT2D eigenvalue weighted by Crippen LogP contribution is -2.14. The number of rotatable bonds is 0. The van der Waals surface area contributed by atoms with Gasteiger partial charge in [-0.25, -0.2) is 4.68 Å². The Labute approximate surface area is 87.1 Å². The number of nitrogens with zero attached hydrogens (tertiary/aromatic N) is 2. The molecule has 0 radical (unpaired) electrons. The van der Waals surface area contributed by atoms with Gasteiger partial charge in [0.05, 0.1) is 12.8 Å². The zero-order valence-electron chi connectivity index (χ0n) is 10.0. The monoisotopic (exact) mass is 198 g/mol. The van der Waals surface area contributed by atoms with Crippen LogP contribution in [0.4, 0.5) is 0 Å². The summed E-state index contributed by atoms with van der Waals surface area (Å²) >= 11 is 0. The third kappa shape index (κ3) is 3.05. The van der Waals surface area contributed by atoms with E-state index in [1.807, 2.05) is 45.5 Å². The third-order valence-corrected chi connectivity index (χ3v) is 1.72. The fourth-order valence-electron chi connectivity index (χ4n) is 1.20. The van der Waals surface area contributed by atoms with Gasteiger partial charge in [0.1, 0.15) is 0 Å². The molecule has 1 aromatic rings. The second-order valence-corrected chi connectivity index (χ2v) is 2.56. The van der Waals surface area contributed by atoms with Crippen molar-refractivity contribution in [1.29, 1.82) is 0 Å². The van der Waals surface area contributed by atoms with Gasteiger partial charge in [-0.15, -0.1) is 0 Å². The number of hydrogen-bond acceptors (Lipinski definition) is 2. The highest BCUT2D eigenvalue weighted by Gasteiger charge is 2.11. The Balaban J connectivity index is 0.000000379. The molecular weight excluding hydrogens is 176 g/mol. The fraction of sp³-hybridized carbons (Fsp3) is 0.727. The molecule has 0 saturated carbocycles. The first-order valence-electron chi connectivity index (χ1n) is 5.53. The summed E-state index contributed by atoms with van der Waals surface area (Å²) < 4.78 is 7.31. The zero-order valence-corrected chi connectivity index (χ0v) is 10.0. The molecule has 82 valence electrons. The molecule has 0 spiro atoms. The molecule has 3 nitrogen and oxygen atoms in total.